The van der Waals surface area contributed by atoms with Gasteiger partial charge in [0.15, 0.2) is 0 Å². The van der Waals surface area contributed by atoms with Gasteiger partial charge in [-0.3, -0.25) is 4.79 Å². The van der Waals surface area contributed by atoms with Gasteiger partial charge >= 0.3 is 0 Å². The lowest BCUT2D eigenvalue weighted by molar-refractivity contribution is -0.141. The average molecular weight is 353 g/mol. The number of hydrogen-bond donors (Lipinski definition) is 0. The maximum absolute atomic E-state index is 11.9. The van der Waals surface area contributed by atoms with Crippen molar-refractivity contribution >= 4 is 16.3 Å². The van der Waals surface area contributed by atoms with Gasteiger partial charge in [0, 0.05) is 24.7 Å². The van der Waals surface area contributed by atoms with Gasteiger partial charge in [-0.2, -0.15) is 0 Å². The van der Waals surface area contributed by atoms with Crippen molar-refractivity contribution in [3.05, 3.63) is 71.8 Å². The van der Waals surface area contributed by atoms with Crippen LogP contribution in [0, 0.1) is 11.3 Å². The van der Waals surface area contributed by atoms with E-state index in [1.54, 1.807) is 0 Å². The molecule has 25 heavy (non-hydrogen) atoms. The molecule has 2 aromatic rings. The summed E-state index contributed by atoms with van der Waals surface area (Å²) in [6, 6.07) is 21.2. The van der Waals surface area contributed by atoms with E-state index in [4.69, 9.17) is 4.43 Å². The van der Waals surface area contributed by atoms with E-state index in [0.717, 1.165) is 0 Å². The van der Waals surface area contributed by atoms with E-state index in [1.807, 2.05) is 6.07 Å². The van der Waals surface area contributed by atoms with Crippen LogP contribution in [-0.2, 0) is 14.8 Å². The van der Waals surface area contributed by atoms with Gasteiger partial charge in [0.1, 0.15) is 16.3 Å². The van der Waals surface area contributed by atoms with E-state index in [9.17, 15) is 4.79 Å². The molecular weight excluding hydrogens is 324 g/mol. The molecule has 0 aliphatic heterocycles. The summed E-state index contributed by atoms with van der Waals surface area (Å²) in [6.07, 6.45) is 1.24. The lowest BCUT2D eigenvalue weighted by Gasteiger charge is -2.53. The van der Waals surface area contributed by atoms with E-state index in [-0.39, 0.29) is 17.3 Å². The molecule has 2 aromatic carbocycles. The van der Waals surface area contributed by atoms with Crippen LogP contribution in [0.5, 0.6) is 0 Å². The van der Waals surface area contributed by atoms with Crippen LogP contribution < -0.4 is 0 Å². The van der Waals surface area contributed by atoms with Crippen LogP contribution in [0.4, 0.5) is 0 Å². The van der Waals surface area contributed by atoms with Gasteiger partial charge in [0.2, 0.25) is 0 Å². The first-order chi connectivity index (χ1) is 11.9. The summed E-state index contributed by atoms with van der Waals surface area (Å²) in [5, 5.41) is 0. The second kappa shape index (κ2) is 6.89. The first-order valence-electron chi connectivity index (χ1n) is 9.07. The highest BCUT2D eigenvalue weighted by atomic mass is 28.2. The molecule has 2 atom stereocenters. The van der Waals surface area contributed by atoms with E-state index in [1.165, 1.54) is 11.1 Å². The molecule has 0 spiro atoms. The summed E-state index contributed by atoms with van der Waals surface area (Å²) in [5.41, 5.74) is 2.04. The first-order valence-corrected chi connectivity index (χ1v) is 9.88. The van der Waals surface area contributed by atoms with Crippen molar-refractivity contribution in [2.75, 3.05) is 0 Å². The summed E-state index contributed by atoms with van der Waals surface area (Å²) in [5.74, 6) is 0.772. The minimum absolute atomic E-state index is 0.000240. The fraction of sp³-hybridized carbons (Fsp3) is 0.409. The molecule has 0 N–H and O–H groups in total. The zero-order chi connectivity index (χ0) is 18.1. The highest BCUT2D eigenvalue weighted by Gasteiger charge is 2.55. The Balaban J connectivity index is 2.22. The smallest absolute Gasteiger partial charge is 0.147 e. The fourth-order valence-electron chi connectivity index (χ4n) is 4.57. The Labute approximate surface area is 154 Å². The molecule has 3 heteroatoms. The van der Waals surface area contributed by atoms with Crippen LogP contribution in [0.25, 0.3) is 0 Å². The predicted octanol–water partition coefficient (Wildman–Crippen LogP) is 3.99. The standard InChI is InChI=1S/C22H28O2Si/c1-21(2,3)20(16-10-6-4-7-11-16)22(24-25,18-14-19(23)15-18)17-12-8-5-9-13-17/h4-13,18,20H,14-15H2,1-3,25H3. The Bertz CT molecular complexity index is 713. The molecule has 1 fully saturated rings. The quantitative estimate of drug-likeness (QED) is 0.761. The van der Waals surface area contributed by atoms with E-state index >= 15 is 0 Å². The summed E-state index contributed by atoms with van der Waals surface area (Å²) >= 11 is 0. The van der Waals surface area contributed by atoms with Crippen molar-refractivity contribution in [3.63, 3.8) is 0 Å². The van der Waals surface area contributed by atoms with Crippen LogP contribution in [0.15, 0.2) is 60.7 Å². The molecule has 2 nitrogen and oxygen atoms in total. The molecule has 132 valence electrons. The first kappa shape index (κ1) is 18.1. The number of hydrogen-bond acceptors (Lipinski definition) is 2. The molecule has 2 unspecified atom stereocenters. The van der Waals surface area contributed by atoms with Crippen molar-refractivity contribution in [1.82, 2.24) is 0 Å². The third kappa shape index (κ3) is 3.23. The molecule has 3 rings (SSSR count). The van der Waals surface area contributed by atoms with Crippen LogP contribution in [0.1, 0.15) is 50.7 Å². The monoisotopic (exact) mass is 352 g/mol. The summed E-state index contributed by atoms with van der Waals surface area (Å²) in [4.78, 5) is 11.9. The number of carbonyl (C=O) groups is 1. The maximum Gasteiger partial charge on any atom is 0.147 e. The molecule has 0 radical (unpaired) electrons. The molecule has 1 saturated carbocycles. The topological polar surface area (TPSA) is 26.3 Å². The Hall–Kier alpha value is -1.71. The maximum atomic E-state index is 11.9. The Morgan fingerprint density at radius 2 is 1.48 bits per heavy atom. The molecule has 0 heterocycles. The third-order valence-electron chi connectivity index (χ3n) is 5.55. The van der Waals surface area contributed by atoms with Crippen molar-refractivity contribution in [2.45, 2.75) is 45.1 Å². The molecule has 0 bridgehead atoms. The molecular formula is C22H28O2Si. The highest BCUT2D eigenvalue weighted by molar-refractivity contribution is 5.98. The average Bonchev–Trinajstić information content (AvgIpc) is 2.57. The predicted molar refractivity (Wildman–Crippen MR) is 106 cm³/mol. The minimum atomic E-state index is -0.443. The van der Waals surface area contributed by atoms with Crippen LogP contribution in [-0.4, -0.2) is 16.3 Å². The molecule has 1 aliphatic carbocycles. The van der Waals surface area contributed by atoms with Gasteiger partial charge in [-0.25, -0.2) is 0 Å². The molecule has 0 aromatic heterocycles. The Kier molecular flexibility index (Phi) is 4.98. The SMILES string of the molecule is CC(C)(C)C(c1ccccc1)C(O[SiH3])(c1ccccc1)C1CC(=O)C1. The highest BCUT2D eigenvalue weighted by Crippen LogP contribution is 2.57. The van der Waals surface area contributed by atoms with Crippen molar-refractivity contribution < 1.29 is 9.22 Å². The lowest BCUT2D eigenvalue weighted by atomic mass is 9.56. The van der Waals surface area contributed by atoms with Gasteiger partial charge in [0.05, 0.1) is 5.60 Å². The normalized spacial score (nSPS) is 19.2. The molecule has 1 aliphatic rings. The van der Waals surface area contributed by atoms with Gasteiger partial charge in [-0.1, -0.05) is 81.4 Å². The lowest BCUT2D eigenvalue weighted by Crippen LogP contribution is -2.52. The summed E-state index contributed by atoms with van der Waals surface area (Å²) in [7, 11) is 0.632. The van der Waals surface area contributed by atoms with Crippen molar-refractivity contribution in [2.24, 2.45) is 11.3 Å². The van der Waals surface area contributed by atoms with Gasteiger partial charge in [0.25, 0.3) is 0 Å². The fourth-order valence-corrected chi connectivity index (χ4v) is 5.37. The van der Waals surface area contributed by atoms with Gasteiger partial charge in [-0.15, -0.1) is 0 Å². The second-order valence-electron chi connectivity index (χ2n) is 8.22. The zero-order valence-corrected chi connectivity index (χ0v) is 17.7. The Morgan fingerprint density at radius 1 is 0.960 bits per heavy atom. The second-order valence-corrected chi connectivity index (χ2v) is 8.63. The minimum Gasteiger partial charge on any atom is -0.417 e. The number of ketones is 1. The largest absolute Gasteiger partial charge is 0.417 e. The van der Waals surface area contributed by atoms with Gasteiger partial charge in [-0.05, 0) is 16.5 Å². The number of rotatable bonds is 5. The van der Waals surface area contributed by atoms with Crippen LogP contribution in [0.2, 0.25) is 0 Å². The number of benzene rings is 2. The summed E-state index contributed by atoms with van der Waals surface area (Å²) in [6.45, 7) is 6.84. The van der Waals surface area contributed by atoms with Crippen LogP contribution in [0.3, 0.4) is 0 Å². The number of Topliss-reactive ketones (excluding diaryl/α,β-unsaturated/α-hetero) is 1. The van der Waals surface area contributed by atoms with E-state index in [0.29, 0.717) is 29.1 Å². The molecule has 0 saturated heterocycles. The van der Waals surface area contributed by atoms with Gasteiger partial charge < -0.3 is 4.43 Å². The van der Waals surface area contributed by atoms with Crippen molar-refractivity contribution in [3.8, 4) is 0 Å². The van der Waals surface area contributed by atoms with Crippen molar-refractivity contribution in [1.29, 1.82) is 0 Å². The van der Waals surface area contributed by atoms with E-state index in [2.05, 4.69) is 75.4 Å². The summed E-state index contributed by atoms with van der Waals surface area (Å²) < 4.78 is 6.51. The number of carbonyl (C=O) groups excluding carboxylic acids is 1. The third-order valence-corrected chi connectivity index (χ3v) is 6.22. The molecule has 0 amide bonds. The zero-order valence-electron chi connectivity index (χ0n) is 15.7. The Morgan fingerprint density at radius 3 is 1.92 bits per heavy atom. The van der Waals surface area contributed by atoms with E-state index < -0.39 is 5.60 Å². The van der Waals surface area contributed by atoms with Crippen LogP contribution >= 0.6 is 0 Å².